The highest BCUT2D eigenvalue weighted by Gasteiger charge is 1.88. The van der Waals surface area contributed by atoms with Gasteiger partial charge in [-0.2, -0.15) is 0 Å². The summed E-state index contributed by atoms with van der Waals surface area (Å²) in [6.07, 6.45) is 0. The lowest BCUT2D eigenvalue weighted by atomic mass is 10.2. The van der Waals surface area contributed by atoms with E-state index < -0.39 is 0 Å². The molecule has 2 heteroatoms. The molecule has 0 aromatic heterocycles. The molecule has 0 rings (SSSR count). The molecule has 0 aromatic carbocycles. The smallest absolute Gasteiger partial charge is 0.0566 e. The summed E-state index contributed by atoms with van der Waals surface area (Å²) in [5.74, 6) is 2.57. The van der Waals surface area contributed by atoms with Gasteiger partial charge in [-0.25, -0.2) is 0 Å². The summed E-state index contributed by atoms with van der Waals surface area (Å²) in [7, 11) is 0. The first-order valence-electron chi connectivity index (χ1n) is 2.03. The summed E-state index contributed by atoms with van der Waals surface area (Å²) in [6, 6.07) is 0. The highest BCUT2D eigenvalue weighted by atomic mass is 35.5. The zero-order valence-electron chi connectivity index (χ0n) is 4.11. The summed E-state index contributed by atoms with van der Waals surface area (Å²) in [4.78, 5) is 0. The van der Waals surface area contributed by atoms with Crippen molar-refractivity contribution in [1.29, 1.82) is 0 Å². The minimum Gasteiger partial charge on any atom is -0.395 e. The van der Waals surface area contributed by atoms with Gasteiger partial charge in [-0.15, -0.1) is 0 Å². The van der Waals surface area contributed by atoms with Crippen LogP contribution in [0.4, 0.5) is 0 Å². The van der Waals surface area contributed by atoms with Crippen LogP contribution in [0.1, 0.15) is 6.92 Å². The maximum absolute atomic E-state index is 8.30. The number of halogens is 1. The summed E-state index contributed by atoms with van der Waals surface area (Å²) >= 11 is 5.00. The van der Waals surface area contributed by atoms with Gasteiger partial charge in [0.1, 0.15) is 0 Å². The molecule has 40 valence electrons. The monoisotopic (exact) mass is 118 g/mol. The van der Waals surface area contributed by atoms with Crippen molar-refractivity contribution in [2.45, 2.75) is 6.92 Å². The highest BCUT2D eigenvalue weighted by molar-refractivity contribution is 6.30. The molecular weight excluding hydrogens is 112 g/mol. The van der Waals surface area contributed by atoms with E-state index in [4.69, 9.17) is 16.7 Å². The van der Waals surface area contributed by atoms with E-state index in [0.29, 0.717) is 0 Å². The van der Waals surface area contributed by atoms with Gasteiger partial charge in [-0.05, 0) is 18.5 Å². The fourth-order valence-corrected chi connectivity index (χ4v) is 0.325. The second-order valence-electron chi connectivity index (χ2n) is 1.32. The van der Waals surface area contributed by atoms with E-state index in [2.05, 4.69) is 11.3 Å². The van der Waals surface area contributed by atoms with Crippen LogP contribution in [0.25, 0.3) is 0 Å². The van der Waals surface area contributed by atoms with E-state index in [9.17, 15) is 0 Å². The average Bonchev–Trinajstić information content (AvgIpc) is 1.68. The van der Waals surface area contributed by atoms with Crippen LogP contribution in [0.15, 0.2) is 0 Å². The molecule has 0 spiro atoms. The second-order valence-corrected chi connectivity index (χ2v) is 1.51. The summed E-state index contributed by atoms with van der Waals surface area (Å²) < 4.78 is 0. The maximum atomic E-state index is 8.30. The number of hydrogen-bond acceptors (Lipinski definition) is 1. The molecule has 0 bridgehead atoms. The van der Waals surface area contributed by atoms with Crippen LogP contribution in [0.5, 0.6) is 0 Å². The van der Waals surface area contributed by atoms with Crippen LogP contribution in [-0.2, 0) is 0 Å². The van der Waals surface area contributed by atoms with Crippen molar-refractivity contribution < 1.29 is 5.11 Å². The Morgan fingerprint density at radius 3 is 2.57 bits per heavy atom. The third-order valence-corrected chi connectivity index (χ3v) is 0.684. The molecule has 0 aliphatic carbocycles. The maximum Gasteiger partial charge on any atom is 0.0566 e. The Labute approximate surface area is 48.3 Å². The van der Waals surface area contributed by atoms with Gasteiger partial charge in [0, 0.05) is 11.3 Å². The molecule has 0 saturated heterocycles. The zero-order chi connectivity index (χ0) is 5.70. The number of rotatable bonds is 1. The molecule has 0 radical (unpaired) electrons. The lowest BCUT2D eigenvalue weighted by Crippen LogP contribution is -1.94. The molecule has 7 heavy (non-hydrogen) atoms. The predicted molar refractivity (Wildman–Crippen MR) is 29.9 cm³/mol. The van der Waals surface area contributed by atoms with Crippen LogP contribution >= 0.6 is 11.6 Å². The van der Waals surface area contributed by atoms with Crippen molar-refractivity contribution in [2.24, 2.45) is 5.92 Å². The van der Waals surface area contributed by atoms with Gasteiger partial charge in [0.25, 0.3) is 0 Å². The topological polar surface area (TPSA) is 20.2 Å². The van der Waals surface area contributed by atoms with Crippen molar-refractivity contribution in [3.8, 4) is 11.3 Å². The Morgan fingerprint density at radius 1 is 1.86 bits per heavy atom. The van der Waals surface area contributed by atoms with Gasteiger partial charge in [0.15, 0.2) is 0 Å². The number of aliphatic hydroxyl groups is 1. The van der Waals surface area contributed by atoms with Gasteiger partial charge >= 0.3 is 0 Å². The van der Waals surface area contributed by atoms with E-state index in [1.54, 1.807) is 6.92 Å². The first-order chi connectivity index (χ1) is 3.31. The Bertz CT molecular complexity index is 90.0. The average molecular weight is 119 g/mol. The molecule has 1 unspecified atom stereocenters. The fourth-order valence-electron chi connectivity index (χ4n) is 0.139. The second kappa shape index (κ2) is 3.98. The van der Waals surface area contributed by atoms with Crippen LogP contribution in [0.3, 0.4) is 0 Å². The van der Waals surface area contributed by atoms with Gasteiger partial charge in [-0.1, -0.05) is 5.92 Å². The van der Waals surface area contributed by atoms with Gasteiger partial charge in [-0.3, -0.25) is 0 Å². The van der Waals surface area contributed by atoms with Crippen LogP contribution < -0.4 is 0 Å². The minimum atomic E-state index is 0.0116. The van der Waals surface area contributed by atoms with Crippen molar-refractivity contribution >= 4 is 11.6 Å². The number of hydrogen-bond donors (Lipinski definition) is 1. The first-order valence-corrected chi connectivity index (χ1v) is 2.41. The molecule has 1 nitrogen and oxygen atoms in total. The molecule has 1 N–H and O–H groups in total. The van der Waals surface area contributed by atoms with E-state index in [1.165, 1.54) is 0 Å². The highest BCUT2D eigenvalue weighted by Crippen LogP contribution is 1.86. The van der Waals surface area contributed by atoms with Gasteiger partial charge < -0.3 is 5.11 Å². The first kappa shape index (κ1) is 6.81. The number of aliphatic hydroxyl groups excluding tert-OH is 1. The molecule has 0 heterocycles. The van der Waals surface area contributed by atoms with Crippen molar-refractivity contribution in [1.82, 2.24) is 0 Å². The van der Waals surface area contributed by atoms with E-state index in [1.807, 2.05) is 0 Å². The van der Waals surface area contributed by atoms with E-state index >= 15 is 0 Å². The lowest BCUT2D eigenvalue weighted by Gasteiger charge is -1.90. The molecule has 0 aromatic rings. The van der Waals surface area contributed by atoms with E-state index in [0.717, 1.165) is 0 Å². The third kappa shape index (κ3) is 3.65. The Morgan fingerprint density at radius 2 is 2.43 bits per heavy atom. The van der Waals surface area contributed by atoms with Crippen molar-refractivity contribution in [3.63, 3.8) is 0 Å². The fraction of sp³-hybridized carbons (Fsp3) is 0.600. The molecule has 0 saturated carbocycles. The molecular formula is C5H7ClO. The summed E-state index contributed by atoms with van der Waals surface area (Å²) in [5.41, 5.74) is 0. The summed E-state index contributed by atoms with van der Waals surface area (Å²) in [6.45, 7) is 1.88. The van der Waals surface area contributed by atoms with Crippen molar-refractivity contribution in [2.75, 3.05) is 6.61 Å². The Balaban J connectivity index is 3.29. The van der Waals surface area contributed by atoms with Crippen LogP contribution in [-0.4, -0.2) is 11.7 Å². The van der Waals surface area contributed by atoms with Crippen LogP contribution in [0, 0.1) is 17.2 Å². The Hall–Kier alpha value is -0.190. The largest absolute Gasteiger partial charge is 0.395 e. The normalized spacial score (nSPS) is 11.9. The molecule has 0 amide bonds. The molecule has 0 aliphatic heterocycles. The lowest BCUT2D eigenvalue weighted by molar-refractivity contribution is 0.266. The SMILES string of the molecule is CC(C#CCl)CO. The molecule has 0 aliphatic rings. The van der Waals surface area contributed by atoms with Crippen LogP contribution in [0.2, 0.25) is 0 Å². The molecule has 0 fully saturated rings. The molecule has 1 atom stereocenters. The van der Waals surface area contributed by atoms with Crippen molar-refractivity contribution in [3.05, 3.63) is 0 Å². The van der Waals surface area contributed by atoms with Gasteiger partial charge in [0.05, 0.1) is 6.61 Å². The standard InChI is InChI=1S/C5H7ClO/c1-5(4-7)2-3-6/h5,7H,4H2,1H3. The predicted octanol–water partition coefficient (Wildman–Crippen LogP) is 0.814. The van der Waals surface area contributed by atoms with E-state index in [-0.39, 0.29) is 12.5 Å². The summed E-state index contributed by atoms with van der Waals surface area (Å²) in [5, 5.41) is 10.5. The zero-order valence-corrected chi connectivity index (χ0v) is 4.87. The quantitative estimate of drug-likeness (QED) is 0.506. The van der Waals surface area contributed by atoms with Gasteiger partial charge in [0.2, 0.25) is 0 Å². The Kier molecular flexibility index (Phi) is 3.87. The minimum absolute atomic E-state index is 0.0116. The third-order valence-electron chi connectivity index (χ3n) is 0.575.